The number of thiophene rings is 1. The van der Waals surface area contributed by atoms with Gasteiger partial charge in [0.1, 0.15) is 0 Å². The Kier molecular flexibility index (Phi) is 3.50. The molecule has 0 unspecified atom stereocenters. The first-order valence-electron chi connectivity index (χ1n) is 5.87. The van der Waals surface area contributed by atoms with Crippen LogP contribution in [0.1, 0.15) is 21.4 Å². The zero-order valence-electron chi connectivity index (χ0n) is 9.97. The van der Waals surface area contributed by atoms with Crippen LogP contribution in [-0.2, 0) is 6.54 Å². The molecule has 6 nitrogen and oxygen atoms in total. The Morgan fingerprint density at radius 3 is 3.05 bits per heavy atom. The van der Waals surface area contributed by atoms with E-state index in [1.54, 1.807) is 10.9 Å². The third-order valence-corrected chi connectivity index (χ3v) is 4.16. The van der Waals surface area contributed by atoms with Crippen molar-refractivity contribution < 1.29 is 4.79 Å². The lowest BCUT2D eigenvalue weighted by Crippen LogP contribution is -2.43. The second kappa shape index (κ2) is 5.28. The number of halogens is 1. The van der Waals surface area contributed by atoms with Crippen molar-refractivity contribution >= 4 is 28.8 Å². The summed E-state index contributed by atoms with van der Waals surface area (Å²) in [5.74, 6) is -0.219. The Morgan fingerprint density at radius 1 is 1.58 bits per heavy atom. The molecule has 100 valence electrons. The van der Waals surface area contributed by atoms with E-state index in [0.717, 1.165) is 18.0 Å². The predicted octanol–water partition coefficient (Wildman–Crippen LogP) is 1.07. The van der Waals surface area contributed by atoms with Crippen molar-refractivity contribution in [1.82, 2.24) is 25.6 Å². The van der Waals surface area contributed by atoms with Crippen LogP contribution in [0.25, 0.3) is 0 Å². The second-order valence-electron chi connectivity index (χ2n) is 4.28. The van der Waals surface area contributed by atoms with E-state index in [-0.39, 0.29) is 5.91 Å². The summed E-state index contributed by atoms with van der Waals surface area (Å²) in [4.78, 5) is 12.9. The molecule has 1 aliphatic heterocycles. The molecule has 0 bridgehead atoms. The molecule has 1 aliphatic rings. The molecule has 0 radical (unpaired) electrons. The summed E-state index contributed by atoms with van der Waals surface area (Å²) in [6.07, 6.45) is 1.68. The van der Waals surface area contributed by atoms with Crippen LogP contribution in [0, 0.1) is 0 Å². The largest absolute Gasteiger partial charge is 0.346 e. The van der Waals surface area contributed by atoms with Crippen LogP contribution in [0.5, 0.6) is 0 Å². The zero-order valence-corrected chi connectivity index (χ0v) is 11.5. The Balaban J connectivity index is 1.58. The van der Waals surface area contributed by atoms with E-state index in [9.17, 15) is 4.79 Å². The van der Waals surface area contributed by atoms with Crippen LogP contribution in [0.3, 0.4) is 0 Å². The first kappa shape index (κ1) is 12.6. The maximum absolute atomic E-state index is 11.9. The number of carbonyl (C=O) groups excluding carboxylic acids is 1. The third-order valence-electron chi connectivity index (χ3n) is 2.93. The molecule has 0 atom stereocenters. The highest BCUT2D eigenvalue weighted by Crippen LogP contribution is 2.21. The highest BCUT2D eigenvalue weighted by atomic mass is 35.5. The highest BCUT2D eigenvalue weighted by Gasteiger charge is 2.21. The summed E-state index contributed by atoms with van der Waals surface area (Å²) in [6.45, 7) is 2.20. The molecular formula is C11H12ClN5OS. The molecule has 2 N–H and O–H groups in total. The summed E-state index contributed by atoms with van der Waals surface area (Å²) in [7, 11) is 0. The SMILES string of the molecule is O=C(NCc1ccc(Cl)s1)c1cn(C2CNC2)nn1. The van der Waals surface area contributed by atoms with E-state index in [1.807, 2.05) is 12.1 Å². The summed E-state index contributed by atoms with van der Waals surface area (Å²) >= 11 is 7.28. The number of amides is 1. The number of hydrogen-bond acceptors (Lipinski definition) is 5. The Labute approximate surface area is 118 Å². The number of nitrogens with one attached hydrogen (secondary N) is 2. The number of nitrogens with zero attached hydrogens (tertiary/aromatic N) is 3. The second-order valence-corrected chi connectivity index (χ2v) is 6.08. The van der Waals surface area contributed by atoms with Crippen molar-refractivity contribution in [2.24, 2.45) is 0 Å². The average Bonchev–Trinajstić information content (AvgIpc) is 2.93. The predicted molar refractivity (Wildman–Crippen MR) is 72.4 cm³/mol. The summed E-state index contributed by atoms with van der Waals surface area (Å²) in [6, 6.07) is 4.02. The van der Waals surface area contributed by atoms with Gasteiger partial charge in [-0.25, -0.2) is 4.68 Å². The van der Waals surface area contributed by atoms with Crippen LogP contribution in [0.4, 0.5) is 0 Å². The van der Waals surface area contributed by atoms with Gasteiger partial charge in [0.2, 0.25) is 0 Å². The summed E-state index contributed by atoms with van der Waals surface area (Å²) in [5.41, 5.74) is 0.342. The molecule has 2 aromatic rings. The van der Waals surface area contributed by atoms with Gasteiger partial charge in [0.05, 0.1) is 23.1 Å². The fourth-order valence-electron chi connectivity index (χ4n) is 1.72. The molecular weight excluding hydrogens is 286 g/mol. The average molecular weight is 298 g/mol. The van der Waals surface area contributed by atoms with Crippen LogP contribution in [0.2, 0.25) is 4.34 Å². The van der Waals surface area contributed by atoms with E-state index in [1.165, 1.54) is 11.3 Å². The molecule has 2 aromatic heterocycles. The third kappa shape index (κ3) is 2.78. The fraction of sp³-hybridized carbons (Fsp3) is 0.364. The fourth-order valence-corrected chi connectivity index (χ4v) is 2.75. The molecule has 0 aliphatic carbocycles. The normalized spacial score (nSPS) is 15.2. The van der Waals surface area contributed by atoms with Gasteiger partial charge in [-0.1, -0.05) is 16.8 Å². The van der Waals surface area contributed by atoms with E-state index >= 15 is 0 Å². The Bertz CT molecular complexity index is 591. The van der Waals surface area contributed by atoms with Crippen LogP contribution in [-0.4, -0.2) is 34.0 Å². The molecule has 3 heterocycles. The minimum absolute atomic E-state index is 0.219. The van der Waals surface area contributed by atoms with Gasteiger partial charge in [0, 0.05) is 18.0 Å². The monoisotopic (exact) mass is 297 g/mol. The standard InChI is InChI=1S/C11H12ClN5OS/c12-10-2-1-8(19-10)5-14-11(18)9-6-17(16-15-9)7-3-13-4-7/h1-2,6-7,13H,3-5H2,(H,14,18). The zero-order chi connectivity index (χ0) is 13.2. The van der Waals surface area contributed by atoms with E-state index in [2.05, 4.69) is 20.9 Å². The van der Waals surface area contributed by atoms with Crippen molar-refractivity contribution in [2.75, 3.05) is 13.1 Å². The van der Waals surface area contributed by atoms with Gasteiger partial charge in [-0.05, 0) is 12.1 Å². The topological polar surface area (TPSA) is 71.8 Å². The maximum Gasteiger partial charge on any atom is 0.273 e. The van der Waals surface area contributed by atoms with E-state index in [0.29, 0.717) is 22.6 Å². The minimum Gasteiger partial charge on any atom is -0.346 e. The first-order chi connectivity index (χ1) is 9.22. The van der Waals surface area contributed by atoms with Crippen molar-refractivity contribution in [3.63, 3.8) is 0 Å². The van der Waals surface area contributed by atoms with Gasteiger partial charge in [0.25, 0.3) is 5.91 Å². The van der Waals surface area contributed by atoms with Crippen LogP contribution in [0.15, 0.2) is 18.3 Å². The van der Waals surface area contributed by atoms with Gasteiger partial charge in [-0.3, -0.25) is 4.79 Å². The van der Waals surface area contributed by atoms with Crippen molar-refractivity contribution in [3.8, 4) is 0 Å². The van der Waals surface area contributed by atoms with Gasteiger partial charge in [-0.2, -0.15) is 0 Å². The maximum atomic E-state index is 11.9. The van der Waals surface area contributed by atoms with Gasteiger partial charge >= 0.3 is 0 Å². The Hall–Kier alpha value is -1.44. The smallest absolute Gasteiger partial charge is 0.273 e. The van der Waals surface area contributed by atoms with Crippen molar-refractivity contribution in [2.45, 2.75) is 12.6 Å². The van der Waals surface area contributed by atoms with E-state index < -0.39 is 0 Å². The van der Waals surface area contributed by atoms with Crippen molar-refractivity contribution in [1.29, 1.82) is 0 Å². The number of hydrogen-bond donors (Lipinski definition) is 2. The molecule has 0 aromatic carbocycles. The van der Waals surface area contributed by atoms with Gasteiger partial charge in [-0.15, -0.1) is 16.4 Å². The first-order valence-corrected chi connectivity index (χ1v) is 7.07. The minimum atomic E-state index is -0.219. The molecule has 0 spiro atoms. The molecule has 19 heavy (non-hydrogen) atoms. The molecule has 1 fully saturated rings. The van der Waals surface area contributed by atoms with E-state index in [4.69, 9.17) is 11.6 Å². The highest BCUT2D eigenvalue weighted by molar-refractivity contribution is 7.16. The van der Waals surface area contributed by atoms with Crippen LogP contribution >= 0.6 is 22.9 Å². The molecule has 0 saturated carbocycles. The van der Waals surface area contributed by atoms with Gasteiger partial charge in [0.15, 0.2) is 5.69 Å². The lowest BCUT2D eigenvalue weighted by atomic mass is 10.2. The number of carbonyl (C=O) groups is 1. The molecule has 3 rings (SSSR count). The van der Waals surface area contributed by atoms with Gasteiger partial charge < -0.3 is 10.6 Å². The Morgan fingerprint density at radius 2 is 2.42 bits per heavy atom. The number of rotatable bonds is 4. The summed E-state index contributed by atoms with van der Waals surface area (Å²) in [5, 5.41) is 13.8. The molecule has 1 amide bonds. The quantitative estimate of drug-likeness (QED) is 0.885. The lowest BCUT2D eigenvalue weighted by Gasteiger charge is -2.26. The molecule has 8 heteroatoms. The lowest BCUT2D eigenvalue weighted by molar-refractivity contribution is 0.0946. The van der Waals surface area contributed by atoms with Crippen LogP contribution < -0.4 is 10.6 Å². The van der Waals surface area contributed by atoms with Crippen molar-refractivity contribution in [3.05, 3.63) is 33.2 Å². The summed E-state index contributed by atoms with van der Waals surface area (Å²) < 4.78 is 2.45. The number of aromatic nitrogens is 3. The molecule has 1 saturated heterocycles.